The van der Waals surface area contributed by atoms with Gasteiger partial charge in [-0.05, 0) is 25.3 Å². The second kappa shape index (κ2) is 10.4. The monoisotopic (exact) mass is 215 g/mol. The van der Waals surface area contributed by atoms with Crippen molar-refractivity contribution in [2.45, 2.75) is 59.5 Å². The average molecular weight is 215 g/mol. The van der Waals surface area contributed by atoms with Crippen molar-refractivity contribution in [2.24, 2.45) is 5.92 Å². The zero-order valence-corrected chi connectivity index (χ0v) is 11.0. The van der Waals surface area contributed by atoms with Gasteiger partial charge in [0, 0.05) is 13.2 Å². The Labute approximate surface area is 95.8 Å². The Hall–Kier alpha value is -0.0800. The van der Waals surface area contributed by atoms with Crippen molar-refractivity contribution < 1.29 is 4.74 Å². The molecule has 0 spiro atoms. The van der Waals surface area contributed by atoms with E-state index in [9.17, 15) is 0 Å². The summed E-state index contributed by atoms with van der Waals surface area (Å²) >= 11 is 0. The van der Waals surface area contributed by atoms with Crippen LogP contribution in [0.15, 0.2) is 0 Å². The predicted molar refractivity (Wildman–Crippen MR) is 67.3 cm³/mol. The molecular formula is C13H29NO. The van der Waals surface area contributed by atoms with Gasteiger partial charge in [-0.1, -0.05) is 40.5 Å². The van der Waals surface area contributed by atoms with E-state index >= 15 is 0 Å². The Balaban J connectivity index is 3.63. The van der Waals surface area contributed by atoms with Gasteiger partial charge in [0.1, 0.15) is 0 Å². The molecule has 0 aliphatic rings. The van der Waals surface area contributed by atoms with Crippen LogP contribution in [0.3, 0.4) is 0 Å². The van der Waals surface area contributed by atoms with E-state index in [1.165, 1.54) is 25.7 Å². The van der Waals surface area contributed by atoms with Crippen LogP contribution in [0, 0.1) is 5.92 Å². The second-order valence-corrected chi connectivity index (χ2v) is 4.45. The summed E-state index contributed by atoms with van der Waals surface area (Å²) in [5, 5.41) is 3.36. The molecule has 0 amide bonds. The number of hydrogen-bond acceptors (Lipinski definition) is 2. The van der Waals surface area contributed by atoms with Crippen molar-refractivity contribution in [1.82, 2.24) is 5.32 Å². The van der Waals surface area contributed by atoms with Crippen LogP contribution in [0.5, 0.6) is 0 Å². The van der Waals surface area contributed by atoms with Crippen LogP contribution in [0.4, 0.5) is 0 Å². The maximum Gasteiger partial charge on any atom is 0.0699 e. The number of ether oxygens (including phenoxy) is 1. The molecule has 0 aromatic rings. The van der Waals surface area contributed by atoms with E-state index in [0.717, 1.165) is 19.7 Å². The minimum absolute atomic E-state index is 0.411. The third-order valence-electron chi connectivity index (χ3n) is 2.63. The van der Waals surface area contributed by atoms with Gasteiger partial charge >= 0.3 is 0 Å². The maximum atomic E-state index is 5.94. The Kier molecular flexibility index (Phi) is 10.4. The molecule has 0 aliphatic carbocycles. The molecule has 0 heterocycles. The highest BCUT2D eigenvalue weighted by atomic mass is 16.5. The van der Waals surface area contributed by atoms with Crippen molar-refractivity contribution in [3.8, 4) is 0 Å². The summed E-state index contributed by atoms with van der Waals surface area (Å²) in [6, 6.07) is 0. The lowest BCUT2D eigenvalue weighted by molar-refractivity contribution is 0.0260. The van der Waals surface area contributed by atoms with Crippen molar-refractivity contribution in [2.75, 3.05) is 19.7 Å². The van der Waals surface area contributed by atoms with Gasteiger partial charge in [0.15, 0.2) is 0 Å². The van der Waals surface area contributed by atoms with E-state index < -0.39 is 0 Å². The van der Waals surface area contributed by atoms with Gasteiger partial charge in [-0.15, -0.1) is 0 Å². The molecule has 2 atom stereocenters. The molecule has 2 unspecified atom stereocenters. The van der Waals surface area contributed by atoms with Gasteiger partial charge in [0.05, 0.1) is 6.10 Å². The summed E-state index contributed by atoms with van der Waals surface area (Å²) in [4.78, 5) is 0. The first-order valence-electron chi connectivity index (χ1n) is 6.56. The molecular weight excluding hydrogens is 186 g/mol. The second-order valence-electron chi connectivity index (χ2n) is 4.45. The Bertz CT molecular complexity index is 128. The number of hydrogen-bond donors (Lipinski definition) is 1. The van der Waals surface area contributed by atoms with Crippen LogP contribution in [0.1, 0.15) is 53.4 Å². The summed E-state index contributed by atoms with van der Waals surface area (Å²) in [5.74, 6) is 0.705. The van der Waals surface area contributed by atoms with Gasteiger partial charge in [0.25, 0.3) is 0 Å². The molecule has 1 N–H and O–H groups in total. The summed E-state index contributed by atoms with van der Waals surface area (Å²) < 4.78 is 5.94. The molecule has 0 radical (unpaired) electrons. The molecule has 0 fully saturated rings. The lowest BCUT2D eigenvalue weighted by Crippen LogP contribution is -2.30. The Morgan fingerprint density at radius 2 is 1.73 bits per heavy atom. The predicted octanol–water partition coefficient (Wildman–Crippen LogP) is 3.22. The minimum Gasteiger partial charge on any atom is -0.377 e. The first-order valence-corrected chi connectivity index (χ1v) is 6.56. The number of rotatable bonds is 10. The highest BCUT2D eigenvalue weighted by Gasteiger charge is 2.09. The van der Waals surface area contributed by atoms with E-state index in [0.29, 0.717) is 12.0 Å². The van der Waals surface area contributed by atoms with Crippen LogP contribution in [0.2, 0.25) is 0 Å². The largest absolute Gasteiger partial charge is 0.377 e. The van der Waals surface area contributed by atoms with E-state index in [4.69, 9.17) is 4.74 Å². The van der Waals surface area contributed by atoms with E-state index in [1.807, 2.05) is 0 Å². The fourth-order valence-corrected chi connectivity index (χ4v) is 1.75. The third-order valence-corrected chi connectivity index (χ3v) is 2.63. The third kappa shape index (κ3) is 8.88. The average Bonchev–Trinajstić information content (AvgIpc) is 2.22. The molecule has 0 aromatic heterocycles. The van der Waals surface area contributed by atoms with Crippen LogP contribution in [0.25, 0.3) is 0 Å². The summed E-state index contributed by atoms with van der Waals surface area (Å²) in [5.41, 5.74) is 0. The Morgan fingerprint density at radius 1 is 1.07 bits per heavy atom. The normalized spacial score (nSPS) is 15.2. The van der Waals surface area contributed by atoms with Crippen LogP contribution >= 0.6 is 0 Å². The molecule has 2 heteroatoms. The van der Waals surface area contributed by atoms with Gasteiger partial charge in [0.2, 0.25) is 0 Å². The molecule has 0 saturated carbocycles. The molecule has 0 aliphatic heterocycles. The lowest BCUT2D eigenvalue weighted by atomic mass is 10.1. The zero-order chi connectivity index (χ0) is 11.5. The summed E-state index contributed by atoms with van der Waals surface area (Å²) in [6.45, 7) is 11.8. The highest BCUT2D eigenvalue weighted by molar-refractivity contribution is 4.62. The first kappa shape index (κ1) is 14.9. The SMILES string of the molecule is CCCC(C)COC(CCC)CNCC. The van der Waals surface area contributed by atoms with Crippen LogP contribution < -0.4 is 5.32 Å². The highest BCUT2D eigenvalue weighted by Crippen LogP contribution is 2.09. The van der Waals surface area contributed by atoms with Gasteiger partial charge in [-0.2, -0.15) is 0 Å². The van der Waals surface area contributed by atoms with Crippen LogP contribution in [-0.2, 0) is 4.74 Å². The molecule has 0 bridgehead atoms. The molecule has 0 aromatic carbocycles. The van der Waals surface area contributed by atoms with E-state index in [2.05, 4.69) is 33.0 Å². The van der Waals surface area contributed by atoms with Crippen LogP contribution in [-0.4, -0.2) is 25.8 Å². The molecule has 2 nitrogen and oxygen atoms in total. The standard InChI is InChI=1S/C13H29NO/c1-5-8-12(4)11-15-13(9-6-2)10-14-7-3/h12-14H,5-11H2,1-4H3. The topological polar surface area (TPSA) is 21.3 Å². The first-order chi connectivity index (χ1) is 7.24. The maximum absolute atomic E-state index is 5.94. The van der Waals surface area contributed by atoms with E-state index in [1.54, 1.807) is 0 Å². The van der Waals surface area contributed by atoms with Gasteiger partial charge < -0.3 is 10.1 Å². The molecule has 92 valence electrons. The fourth-order valence-electron chi connectivity index (χ4n) is 1.75. The lowest BCUT2D eigenvalue weighted by Gasteiger charge is -2.20. The fraction of sp³-hybridized carbons (Fsp3) is 1.00. The molecule has 0 rings (SSSR count). The minimum atomic E-state index is 0.411. The van der Waals surface area contributed by atoms with E-state index in [-0.39, 0.29) is 0 Å². The summed E-state index contributed by atoms with van der Waals surface area (Å²) in [6.07, 6.45) is 5.33. The summed E-state index contributed by atoms with van der Waals surface area (Å²) in [7, 11) is 0. The molecule has 15 heavy (non-hydrogen) atoms. The molecule has 0 saturated heterocycles. The smallest absolute Gasteiger partial charge is 0.0699 e. The Morgan fingerprint density at radius 3 is 2.27 bits per heavy atom. The van der Waals surface area contributed by atoms with Gasteiger partial charge in [-0.3, -0.25) is 0 Å². The van der Waals surface area contributed by atoms with Crippen molar-refractivity contribution in [1.29, 1.82) is 0 Å². The number of nitrogens with one attached hydrogen (secondary N) is 1. The van der Waals surface area contributed by atoms with Crippen molar-refractivity contribution >= 4 is 0 Å². The van der Waals surface area contributed by atoms with Gasteiger partial charge in [-0.25, -0.2) is 0 Å². The van der Waals surface area contributed by atoms with Crippen molar-refractivity contribution in [3.63, 3.8) is 0 Å². The zero-order valence-electron chi connectivity index (χ0n) is 11.0. The van der Waals surface area contributed by atoms with Crippen molar-refractivity contribution in [3.05, 3.63) is 0 Å². The quantitative estimate of drug-likeness (QED) is 0.604. The number of likely N-dealkylation sites (N-methyl/N-ethyl adjacent to an activating group) is 1.